The van der Waals surface area contributed by atoms with Crippen LogP contribution in [-0.2, 0) is 16.0 Å². The smallest absolute Gasteiger partial charge is 0.306 e. The van der Waals surface area contributed by atoms with Gasteiger partial charge in [0.2, 0.25) is 0 Å². The van der Waals surface area contributed by atoms with Crippen molar-refractivity contribution in [3.8, 4) is 5.75 Å². The number of ether oxygens (including phenoxy) is 2. The Morgan fingerprint density at radius 3 is 2.24 bits per heavy atom. The maximum atomic E-state index is 11.5. The number of aryl methyl sites for hydroxylation is 1. The fraction of sp³-hybridized carbons (Fsp3) is 0.500. The molecule has 0 aliphatic heterocycles. The Morgan fingerprint density at radius 1 is 1.18 bits per heavy atom. The summed E-state index contributed by atoms with van der Waals surface area (Å²) in [6.07, 6.45) is 1.10. The second-order valence-electron chi connectivity index (χ2n) is 4.93. The van der Waals surface area contributed by atoms with Crippen LogP contribution in [0.3, 0.4) is 0 Å². The topological polar surface area (TPSA) is 35.5 Å². The zero-order valence-electron chi connectivity index (χ0n) is 10.9. The minimum absolute atomic E-state index is 0.159. The van der Waals surface area contributed by atoms with Gasteiger partial charge in [-0.3, -0.25) is 4.79 Å². The summed E-state index contributed by atoms with van der Waals surface area (Å²) < 4.78 is 10.3. The van der Waals surface area contributed by atoms with Gasteiger partial charge in [-0.15, -0.1) is 0 Å². The van der Waals surface area contributed by atoms with Gasteiger partial charge in [0, 0.05) is 6.42 Å². The predicted molar refractivity (Wildman–Crippen MR) is 67.2 cm³/mol. The first-order chi connectivity index (χ1) is 7.90. The van der Waals surface area contributed by atoms with Crippen molar-refractivity contribution >= 4 is 5.97 Å². The molecule has 0 saturated carbocycles. The van der Waals surface area contributed by atoms with Crippen LogP contribution >= 0.6 is 0 Å². The molecule has 0 amide bonds. The van der Waals surface area contributed by atoms with Crippen LogP contribution in [0.2, 0.25) is 0 Å². The summed E-state index contributed by atoms with van der Waals surface area (Å²) in [6.45, 7) is 5.62. The van der Waals surface area contributed by atoms with Crippen molar-refractivity contribution in [1.82, 2.24) is 0 Å². The molecular formula is C14H20O3. The van der Waals surface area contributed by atoms with E-state index in [4.69, 9.17) is 9.47 Å². The SMILES string of the molecule is COc1ccc(CCC(=O)OC(C)(C)C)cc1. The number of esters is 1. The molecule has 1 aromatic carbocycles. The lowest BCUT2D eigenvalue weighted by molar-refractivity contribution is -0.154. The van der Waals surface area contributed by atoms with Gasteiger partial charge in [-0.2, -0.15) is 0 Å². The minimum Gasteiger partial charge on any atom is -0.497 e. The van der Waals surface area contributed by atoms with E-state index in [1.165, 1.54) is 0 Å². The monoisotopic (exact) mass is 236 g/mol. The van der Waals surface area contributed by atoms with E-state index in [9.17, 15) is 4.79 Å². The molecule has 17 heavy (non-hydrogen) atoms. The molecule has 3 heteroatoms. The van der Waals surface area contributed by atoms with Crippen molar-refractivity contribution in [1.29, 1.82) is 0 Å². The van der Waals surface area contributed by atoms with E-state index < -0.39 is 5.60 Å². The highest BCUT2D eigenvalue weighted by Gasteiger charge is 2.15. The van der Waals surface area contributed by atoms with Crippen LogP contribution in [0.1, 0.15) is 32.8 Å². The molecule has 0 spiro atoms. The van der Waals surface area contributed by atoms with E-state index in [0.29, 0.717) is 12.8 Å². The number of benzene rings is 1. The molecule has 0 bridgehead atoms. The molecule has 0 N–H and O–H groups in total. The summed E-state index contributed by atoms with van der Waals surface area (Å²) >= 11 is 0. The Balaban J connectivity index is 2.42. The van der Waals surface area contributed by atoms with E-state index in [-0.39, 0.29) is 5.97 Å². The van der Waals surface area contributed by atoms with Gasteiger partial charge < -0.3 is 9.47 Å². The van der Waals surface area contributed by atoms with Gasteiger partial charge >= 0.3 is 5.97 Å². The second kappa shape index (κ2) is 5.71. The lowest BCUT2D eigenvalue weighted by atomic mass is 10.1. The molecule has 0 aliphatic rings. The molecular weight excluding hydrogens is 216 g/mol. The third-order valence-electron chi connectivity index (χ3n) is 2.20. The van der Waals surface area contributed by atoms with E-state index in [0.717, 1.165) is 11.3 Å². The van der Waals surface area contributed by atoms with Gasteiger partial charge in [-0.05, 0) is 44.9 Å². The van der Waals surface area contributed by atoms with E-state index >= 15 is 0 Å². The lowest BCUT2D eigenvalue weighted by Crippen LogP contribution is -2.23. The number of hydrogen-bond donors (Lipinski definition) is 0. The Labute approximate surface area is 103 Å². The highest BCUT2D eigenvalue weighted by molar-refractivity contribution is 5.70. The third-order valence-corrected chi connectivity index (χ3v) is 2.20. The van der Waals surface area contributed by atoms with Gasteiger partial charge in [0.05, 0.1) is 7.11 Å². The lowest BCUT2D eigenvalue weighted by Gasteiger charge is -2.19. The summed E-state index contributed by atoms with van der Waals surface area (Å²) in [4.78, 5) is 11.5. The number of carbonyl (C=O) groups is 1. The molecule has 0 aliphatic carbocycles. The van der Waals surface area contributed by atoms with Crippen LogP contribution in [0.25, 0.3) is 0 Å². The summed E-state index contributed by atoms with van der Waals surface area (Å²) in [6, 6.07) is 7.71. The molecule has 0 radical (unpaired) electrons. The fourth-order valence-electron chi connectivity index (χ4n) is 1.43. The van der Waals surface area contributed by atoms with E-state index in [2.05, 4.69) is 0 Å². The quantitative estimate of drug-likeness (QED) is 0.754. The van der Waals surface area contributed by atoms with Crippen molar-refractivity contribution in [2.45, 2.75) is 39.2 Å². The molecule has 1 aromatic rings. The van der Waals surface area contributed by atoms with Crippen LogP contribution in [0.5, 0.6) is 5.75 Å². The predicted octanol–water partition coefficient (Wildman–Crippen LogP) is 2.97. The van der Waals surface area contributed by atoms with Gasteiger partial charge in [-0.25, -0.2) is 0 Å². The number of hydrogen-bond acceptors (Lipinski definition) is 3. The fourth-order valence-corrected chi connectivity index (χ4v) is 1.43. The molecule has 0 saturated heterocycles. The Hall–Kier alpha value is -1.51. The van der Waals surface area contributed by atoms with Gasteiger partial charge in [0.1, 0.15) is 11.4 Å². The van der Waals surface area contributed by atoms with E-state index in [1.54, 1.807) is 7.11 Å². The zero-order chi connectivity index (χ0) is 12.9. The largest absolute Gasteiger partial charge is 0.497 e. The number of carbonyl (C=O) groups excluding carboxylic acids is 1. The molecule has 0 aromatic heterocycles. The summed E-state index contributed by atoms with van der Waals surface area (Å²) in [7, 11) is 1.63. The molecule has 0 fully saturated rings. The zero-order valence-corrected chi connectivity index (χ0v) is 10.9. The van der Waals surface area contributed by atoms with Gasteiger partial charge in [0.15, 0.2) is 0 Å². The molecule has 0 atom stereocenters. The minimum atomic E-state index is -0.406. The second-order valence-corrected chi connectivity index (χ2v) is 4.93. The van der Waals surface area contributed by atoms with Crippen LogP contribution in [0.4, 0.5) is 0 Å². The van der Waals surface area contributed by atoms with Crippen molar-refractivity contribution in [3.63, 3.8) is 0 Å². The van der Waals surface area contributed by atoms with Crippen LogP contribution < -0.4 is 4.74 Å². The van der Waals surface area contributed by atoms with Gasteiger partial charge in [0.25, 0.3) is 0 Å². The highest BCUT2D eigenvalue weighted by atomic mass is 16.6. The molecule has 3 nitrogen and oxygen atoms in total. The third kappa shape index (κ3) is 5.38. The molecule has 0 heterocycles. The van der Waals surface area contributed by atoms with Crippen LogP contribution in [-0.4, -0.2) is 18.7 Å². The van der Waals surface area contributed by atoms with Crippen molar-refractivity contribution in [2.75, 3.05) is 7.11 Å². The van der Waals surface area contributed by atoms with E-state index in [1.807, 2.05) is 45.0 Å². The Bertz CT molecular complexity index is 360. The van der Waals surface area contributed by atoms with Crippen molar-refractivity contribution in [3.05, 3.63) is 29.8 Å². The maximum absolute atomic E-state index is 11.5. The standard InChI is InChI=1S/C14H20O3/c1-14(2,3)17-13(15)10-7-11-5-8-12(16-4)9-6-11/h5-6,8-9H,7,10H2,1-4H3. The maximum Gasteiger partial charge on any atom is 0.306 e. The summed E-state index contributed by atoms with van der Waals surface area (Å²) in [5.74, 6) is 0.666. The highest BCUT2D eigenvalue weighted by Crippen LogP contribution is 2.14. The summed E-state index contributed by atoms with van der Waals surface area (Å²) in [5, 5.41) is 0. The van der Waals surface area contributed by atoms with Crippen molar-refractivity contribution < 1.29 is 14.3 Å². The molecule has 1 rings (SSSR count). The van der Waals surface area contributed by atoms with Crippen molar-refractivity contribution in [2.24, 2.45) is 0 Å². The molecule has 94 valence electrons. The normalized spacial score (nSPS) is 11.1. The van der Waals surface area contributed by atoms with Gasteiger partial charge in [-0.1, -0.05) is 12.1 Å². The Morgan fingerprint density at radius 2 is 1.76 bits per heavy atom. The Kier molecular flexibility index (Phi) is 4.55. The first-order valence-corrected chi connectivity index (χ1v) is 5.75. The first-order valence-electron chi connectivity index (χ1n) is 5.75. The van der Waals surface area contributed by atoms with Crippen LogP contribution in [0, 0.1) is 0 Å². The first kappa shape index (κ1) is 13.6. The number of rotatable bonds is 4. The molecule has 0 unspecified atom stereocenters. The number of methoxy groups -OCH3 is 1. The summed E-state index contributed by atoms with van der Waals surface area (Å²) in [5.41, 5.74) is 0.702. The average Bonchev–Trinajstić information content (AvgIpc) is 2.25. The average molecular weight is 236 g/mol. The van der Waals surface area contributed by atoms with Crippen LogP contribution in [0.15, 0.2) is 24.3 Å².